The van der Waals surface area contributed by atoms with Crippen molar-refractivity contribution in [2.75, 3.05) is 0 Å². The van der Waals surface area contributed by atoms with Gasteiger partial charge in [0.15, 0.2) is 0 Å². The van der Waals surface area contributed by atoms with Crippen molar-refractivity contribution in [3.63, 3.8) is 0 Å². The van der Waals surface area contributed by atoms with Crippen molar-refractivity contribution in [3.8, 4) is 0 Å². The number of guanidine groups is 1. The van der Waals surface area contributed by atoms with E-state index in [0.29, 0.717) is 11.4 Å². The van der Waals surface area contributed by atoms with E-state index in [2.05, 4.69) is 15.2 Å². The van der Waals surface area contributed by atoms with Gasteiger partial charge < -0.3 is 11.5 Å². The number of pyridine rings is 1. The summed E-state index contributed by atoms with van der Waals surface area (Å²) in [4.78, 5) is 3.80. The van der Waals surface area contributed by atoms with E-state index in [1.165, 1.54) is 12.1 Å². The van der Waals surface area contributed by atoms with Crippen molar-refractivity contribution >= 4 is 11.7 Å². The Morgan fingerprint density at radius 3 is 2.57 bits per heavy atom. The van der Waals surface area contributed by atoms with E-state index in [4.69, 9.17) is 11.5 Å². The molecule has 0 amide bonds. The first-order valence-electron chi connectivity index (χ1n) is 3.84. The molecule has 0 fully saturated rings. The number of nitrogens with zero attached hydrogens (tertiary/aromatic N) is 3. The molecule has 0 saturated carbocycles. The Hall–Kier alpha value is -1.98. The van der Waals surface area contributed by atoms with Crippen LogP contribution in [-0.4, -0.2) is 16.7 Å². The summed E-state index contributed by atoms with van der Waals surface area (Å²) < 4.78 is 12.5. The SMILES string of the molecule is C/C(=N/N=C(N)N)c1ccc(F)cn1. The van der Waals surface area contributed by atoms with E-state index < -0.39 is 5.82 Å². The highest BCUT2D eigenvalue weighted by atomic mass is 19.1. The van der Waals surface area contributed by atoms with Gasteiger partial charge in [-0.1, -0.05) is 0 Å². The van der Waals surface area contributed by atoms with E-state index in [-0.39, 0.29) is 5.96 Å². The second kappa shape index (κ2) is 4.31. The van der Waals surface area contributed by atoms with Crippen LogP contribution >= 0.6 is 0 Å². The number of hydrogen-bond donors (Lipinski definition) is 2. The maximum Gasteiger partial charge on any atom is 0.211 e. The maximum atomic E-state index is 12.5. The number of hydrogen-bond acceptors (Lipinski definition) is 3. The van der Waals surface area contributed by atoms with E-state index in [9.17, 15) is 4.39 Å². The summed E-state index contributed by atoms with van der Waals surface area (Å²) in [6.07, 6.45) is 1.10. The Morgan fingerprint density at radius 1 is 1.36 bits per heavy atom. The van der Waals surface area contributed by atoms with Gasteiger partial charge in [0.1, 0.15) is 5.82 Å². The third kappa shape index (κ3) is 2.81. The molecule has 6 heteroatoms. The molecule has 4 N–H and O–H groups in total. The van der Waals surface area contributed by atoms with Gasteiger partial charge in [0.2, 0.25) is 5.96 Å². The molecule has 1 heterocycles. The molecule has 0 aliphatic carbocycles. The number of nitrogens with two attached hydrogens (primary N) is 2. The fourth-order valence-corrected chi connectivity index (χ4v) is 0.774. The molecule has 0 bridgehead atoms. The second-order valence-corrected chi connectivity index (χ2v) is 2.57. The predicted molar refractivity (Wildman–Crippen MR) is 52.2 cm³/mol. The summed E-state index contributed by atoms with van der Waals surface area (Å²) in [7, 11) is 0. The van der Waals surface area contributed by atoms with Gasteiger partial charge in [-0.05, 0) is 19.1 Å². The monoisotopic (exact) mass is 195 g/mol. The molecule has 0 aromatic carbocycles. The Bertz CT molecular complexity index is 364. The lowest BCUT2D eigenvalue weighted by atomic mass is 10.2. The molecular formula is C8H10FN5. The van der Waals surface area contributed by atoms with E-state index in [1.54, 1.807) is 6.92 Å². The zero-order valence-electron chi connectivity index (χ0n) is 7.61. The third-order valence-electron chi connectivity index (χ3n) is 1.41. The van der Waals surface area contributed by atoms with Crippen LogP contribution in [0.15, 0.2) is 28.5 Å². The standard InChI is InChI=1S/C8H10FN5/c1-5(13-14-8(10)11)7-3-2-6(9)4-12-7/h2-4H,1H3,(H4,10,11,14)/b13-5-. The summed E-state index contributed by atoms with van der Waals surface area (Å²) in [5.41, 5.74) is 11.2. The third-order valence-corrected chi connectivity index (χ3v) is 1.41. The number of aromatic nitrogens is 1. The molecule has 0 unspecified atom stereocenters. The molecule has 5 nitrogen and oxygen atoms in total. The Balaban J connectivity index is 2.89. The fourth-order valence-electron chi connectivity index (χ4n) is 0.774. The molecule has 0 spiro atoms. The highest BCUT2D eigenvalue weighted by Crippen LogP contribution is 2.00. The van der Waals surface area contributed by atoms with Crippen molar-refractivity contribution in [1.29, 1.82) is 0 Å². The van der Waals surface area contributed by atoms with Gasteiger partial charge in [0, 0.05) is 0 Å². The summed E-state index contributed by atoms with van der Waals surface area (Å²) in [6, 6.07) is 2.78. The smallest absolute Gasteiger partial charge is 0.211 e. The molecule has 74 valence electrons. The molecule has 0 aliphatic rings. The topological polar surface area (TPSA) is 89.6 Å². The molecule has 0 atom stereocenters. The zero-order valence-corrected chi connectivity index (χ0v) is 7.61. The zero-order chi connectivity index (χ0) is 10.6. The molecule has 14 heavy (non-hydrogen) atoms. The highest BCUT2D eigenvalue weighted by Gasteiger charge is 1.98. The minimum atomic E-state index is -0.400. The summed E-state index contributed by atoms with van der Waals surface area (Å²) in [5, 5.41) is 7.14. The maximum absolute atomic E-state index is 12.5. The summed E-state index contributed by atoms with van der Waals surface area (Å²) in [6.45, 7) is 1.67. The average Bonchev–Trinajstić information content (AvgIpc) is 2.15. The first-order chi connectivity index (χ1) is 6.59. The van der Waals surface area contributed by atoms with Gasteiger partial charge in [0.05, 0.1) is 17.6 Å². The van der Waals surface area contributed by atoms with Gasteiger partial charge in [0.25, 0.3) is 0 Å². The summed E-state index contributed by atoms with van der Waals surface area (Å²) >= 11 is 0. The van der Waals surface area contributed by atoms with Crippen molar-refractivity contribution in [1.82, 2.24) is 4.98 Å². The number of halogens is 1. The minimum Gasteiger partial charge on any atom is -0.369 e. The van der Waals surface area contributed by atoms with Crippen molar-refractivity contribution in [2.45, 2.75) is 6.92 Å². The molecule has 1 rings (SSSR count). The van der Waals surface area contributed by atoms with Crippen LogP contribution in [0.1, 0.15) is 12.6 Å². The van der Waals surface area contributed by atoms with Gasteiger partial charge in [-0.3, -0.25) is 4.98 Å². The van der Waals surface area contributed by atoms with Gasteiger partial charge in [-0.15, -0.1) is 5.10 Å². The largest absolute Gasteiger partial charge is 0.369 e. The predicted octanol–water partition coefficient (Wildman–Crippen LogP) is 0.218. The van der Waals surface area contributed by atoms with Crippen LogP contribution in [0.5, 0.6) is 0 Å². The molecule has 1 aromatic heterocycles. The van der Waals surface area contributed by atoms with Crippen LogP contribution < -0.4 is 11.5 Å². The minimum absolute atomic E-state index is 0.133. The Kier molecular flexibility index (Phi) is 3.11. The van der Waals surface area contributed by atoms with E-state index >= 15 is 0 Å². The van der Waals surface area contributed by atoms with Crippen LogP contribution in [0, 0.1) is 5.82 Å². The average molecular weight is 195 g/mol. The lowest BCUT2D eigenvalue weighted by Gasteiger charge is -1.96. The van der Waals surface area contributed by atoms with Crippen LogP contribution in [0.4, 0.5) is 4.39 Å². The molecule has 0 aliphatic heterocycles. The fraction of sp³-hybridized carbons (Fsp3) is 0.125. The van der Waals surface area contributed by atoms with E-state index in [1.807, 2.05) is 0 Å². The van der Waals surface area contributed by atoms with Gasteiger partial charge in [-0.2, -0.15) is 5.10 Å². The van der Waals surface area contributed by atoms with Crippen LogP contribution in [0.3, 0.4) is 0 Å². The first kappa shape index (κ1) is 10.1. The molecule has 0 radical (unpaired) electrons. The molecular weight excluding hydrogens is 185 g/mol. The van der Waals surface area contributed by atoms with E-state index in [0.717, 1.165) is 6.20 Å². The lowest BCUT2D eigenvalue weighted by molar-refractivity contribution is 0.621. The molecule has 1 aromatic rings. The Morgan fingerprint density at radius 2 is 2.07 bits per heavy atom. The van der Waals surface area contributed by atoms with Crippen molar-refractivity contribution in [2.24, 2.45) is 21.7 Å². The Labute approximate surface area is 80.4 Å². The number of rotatable bonds is 2. The van der Waals surface area contributed by atoms with Gasteiger partial charge >= 0.3 is 0 Å². The first-order valence-corrected chi connectivity index (χ1v) is 3.84. The van der Waals surface area contributed by atoms with Gasteiger partial charge in [-0.25, -0.2) is 4.39 Å². The quantitative estimate of drug-likeness (QED) is 0.402. The normalized spacial score (nSPS) is 11.1. The van der Waals surface area contributed by atoms with Crippen molar-refractivity contribution < 1.29 is 4.39 Å². The second-order valence-electron chi connectivity index (χ2n) is 2.57. The highest BCUT2D eigenvalue weighted by molar-refractivity contribution is 5.97. The van der Waals surface area contributed by atoms with Crippen molar-refractivity contribution in [3.05, 3.63) is 29.8 Å². The van der Waals surface area contributed by atoms with Crippen LogP contribution in [0.2, 0.25) is 0 Å². The summed E-state index contributed by atoms with van der Waals surface area (Å²) in [5.74, 6) is -0.533. The lowest BCUT2D eigenvalue weighted by Crippen LogP contribution is -2.22. The van der Waals surface area contributed by atoms with Crippen LogP contribution in [-0.2, 0) is 0 Å². The van der Waals surface area contributed by atoms with Crippen LogP contribution in [0.25, 0.3) is 0 Å². The molecule has 0 saturated heterocycles.